The van der Waals surface area contributed by atoms with Gasteiger partial charge >= 0.3 is 12.1 Å². The Morgan fingerprint density at radius 3 is 2.67 bits per heavy atom. The lowest BCUT2D eigenvalue weighted by atomic mass is 10.0. The van der Waals surface area contributed by atoms with Gasteiger partial charge in [0.2, 0.25) is 0 Å². The van der Waals surface area contributed by atoms with Gasteiger partial charge in [-0.2, -0.15) is 13.2 Å². The number of carboxylic acid groups (broad SMARTS) is 1. The second kappa shape index (κ2) is 9.05. The van der Waals surface area contributed by atoms with Crippen LogP contribution in [0.4, 0.5) is 13.2 Å². The van der Waals surface area contributed by atoms with Crippen LogP contribution in [0.25, 0.3) is 21.9 Å². The molecule has 2 aromatic carbocycles. The van der Waals surface area contributed by atoms with Gasteiger partial charge in [0.15, 0.2) is 11.3 Å². The molecule has 0 radical (unpaired) electrons. The van der Waals surface area contributed by atoms with Crippen molar-refractivity contribution >= 4 is 27.8 Å². The quantitative estimate of drug-likeness (QED) is 0.340. The van der Waals surface area contributed by atoms with Gasteiger partial charge in [-0.1, -0.05) is 18.5 Å². The van der Waals surface area contributed by atoms with Crippen LogP contribution >= 0.6 is 0 Å². The Morgan fingerprint density at radius 2 is 1.94 bits per heavy atom. The Kier molecular flexibility index (Phi) is 6.17. The minimum absolute atomic E-state index is 0.0823. The maximum Gasteiger partial charge on any atom is 0.437 e. The topological polar surface area (TPSA) is 86.7 Å². The second-order valence-corrected chi connectivity index (χ2v) is 7.45. The van der Waals surface area contributed by atoms with Gasteiger partial charge in [0.25, 0.3) is 0 Å². The van der Waals surface area contributed by atoms with E-state index in [1.807, 2.05) is 6.92 Å². The predicted molar refractivity (Wildman–Crippen MR) is 114 cm³/mol. The van der Waals surface area contributed by atoms with Gasteiger partial charge in [0, 0.05) is 22.7 Å². The van der Waals surface area contributed by atoms with Crippen LogP contribution in [0.15, 0.2) is 47.1 Å². The molecule has 0 saturated carbocycles. The monoisotopic (exact) mass is 462 g/mol. The van der Waals surface area contributed by atoms with Gasteiger partial charge in [-0.25, -0.2) is 0 Å². The van der Waals surface area contributed by atoms with E-state index >= 15 is 0 Å². The van der Waals surface area contributed by atoms with E-state index in [9.17, 15) is 18.0 Å². The van der Waals surface area contributed by atoms with Crippen LogP contribution in [0.1, 0.15) is 24.6 Å². The zero-order valence-electron chi connectivity index (χ0n) is 17.7. The van der Waals surface area contributed by atoms with Crippen molar-refractivity contribution in [1.29, 1.82) is 0 Å². The molecule has 2 aromatic heterocycles. The van der Waals surface area contributed by atoms with Crippen molar-refractivity contribution in [3.63, 3.8) is 0 Å². The number of benzene rings is 2. The Hall–Kier alpha value is -3.69. The fourth-order valence-corrected chi connectivity index (χ4v) is 3.73. The van der Waals surface area contributed by atoms with Crippen LogP contribution < -0.4 is 9.47 Å². The Labute approximate surface area is 186 Å². The number of aliphatic carboxylic acids is 1. The van der Waals surface area contributed by atoms with Crippen LogP contribution in [-0.2, 0) is 23.9 Å². The molecule has 0 saturated heterocycles. The zero-order valence-corrected chi connectivity index (χ0v) is 17.7. The normalized spacial score (nSPS) is 11.9. The predicted octanol–water partition coefficient (Wildman–Crippen LogP) is 5.30. The van der Waals surface area contributed by atoms with Crippen molar-refractivity contribution < 1.29 is 37.1 Å². The molecule has 174 valence electrons. The summed E-state index contributed by atoms with van der Waals surface area (Å²) in [6, 6.07) is 9.93. The number of carbonyl (C=O) groups is 1. The summed E-state index contributed by atoms with van der Waals surface area (Å²) in [7, 11) is 0. The molecule has 0 aliphatic heterocycles. The van der Waals surface area contributed by atoms with E-state index in [2.05, 4.69) is 5.16 Å². The number of aryl methyl sites for hydroxylation is 1. The molecule has 0 unspecified atom stereocenters. The van der Waals surface area contributed by atoms with Crippen LogP contribution in [0.3, 0.4) is 0 Å². The van der Waals surface area contributed by atoms with E-state index < -0.39 is 17.8 Å². The molecule has 2 heterocycles. The van der Waals surface area contributed by atoms with E-state index in [0.717, 1.165) is 10.9 Å². The molecule has 33 heavy (non-hydrogen) atoms. The van der Waals surface area contributed by atoms with Crippen LogP contribution in [0, 0.1) is 0 Å². The van der Waals surface area contributed by atoms with Gasteiger partial charge in [-0.05, 0) is 42.8 Å². The summed E-state index contributed by atoms with van der Waals surface area (Å²) < 4.78 is 57.6. The van der Waals surface area contributed by atoms with E-state index in [4.69, 9.17) is 19.1 Å². The van der Waals surface area contributed by atoms with Gasteiger partial charge in [-0.3, -0.25) is 4.79 Å². The maximum absolute atomic E-state index is 13.1. The Bertz CT molecular complexity index is 1290. The highest BCUT2D eigenvalue weighted by atomic mass is 19.4. The maximum atomic E-state index is 13.1. The highest BCUT2D eigenvalue weighted by molar-refractivity contribution is 5.85. The number of nitrogens with zero attached hydrogens (tertiary/aromatic N) is 2. The number of ether oxygens (including phenoxy) is 2. The van der Waals surface area contributed by atoms with Crippen molar-refractivity contribution in [3.8, 4) is 11.5 Å². The minimum Gasteiger partial charge on any atom is -0.490 e. The first-order valence-electron chi connectivity index (χ1n) is 10.3. The summed E-state index contributed by atoms with van der Waals surface area (Å²) in [5, 5.41) is 12.9. The first-order valence-corrected chi connectivity index (χ1v) is 10.3. The van der Waals surface area contributed by atoms with Crippen molar-refractivity contribution in [2.24, 2.45) is 0 Å². The van der Waals surface area contributed by atoms with Crippen molar-refractivity contribution in [2.75, 3.05) is 13.2 Å². The summed E-state index contributed by atoms with van der Waals surface area (Å²) in [5.41, 5.74) is 0.360. The fraction of sp³-hybridized carbons (Fsp3) is 0.304. The number of carboxylic acids is 1. The minimum atomic E-state index is -4.60. The molecule has 4 rings (SSSR count). The van der Waals surface area contributed by atoms with Gasteiger partial charge in [-0.15, -0.1) is 0 Å². The van der Waals surface area contributed by atoms with Gasteiger partial charge in [0.05, 0.1) is 5.39 Å². The van der Waals surface area contributed by atoms with Crippen molar-refractivity contribution in [2.45, 2.75) is 32.5 Å². The third-order valence-corrected chi connectivity index (χ3v) is 5.13. The third-order valence-electron chi connectivity index (χ3n) is 5.13. The Balaban J connectivity index is 1.43. The lowest BCUT2D eigenvalue weighted by Crippen LogP contribution is -2.10. The second-order valence-electron chi connectivity index (χ2n) is 7.45. The molecule has 10 heteroatoms. The molecular weight excluding hydrogens is 441 g/mol. The highest BCUT2D eigenvalue weighted by Crippen LogP contribution is 2.38. The number of halogens is 3. The van der Waals surface area contributed by atoms with Crippen molar-refractivity contribution in [3.05, 3.63) is 53.9 Å². The zero-order chi connectivity index (χ0) is 23.6. The Morgan fingerprint density at radius 1 is 1.15 bits per heavy atom. The lowest BCUT2D eigenvalue weighted by molar-refractivity contribution is -0.141. The SMILES string of the molecule is CCCc1c(OCCOc2ccc3c(ccn3CC(=O)O)c2)ccc2c(C(F)(F)F)noc12. The van der Waals surface area contributed by atoms with Crippen LogP contribution in [-0.4, -0.2) is 34.0 Å². The first kappa shape index (κ1) is 22.5. The van der Waals surface area contributed by atoms with Gasteiger partial charge < -0.3 is 23.7 Å². The molecular formula is C23H21F3N2O5. The van der Waals surface area contributed by atoms with E-state index in [-0.39, 0.29) is 30.7 Å². The average molecular weight is 462 g/mol. The summed E-state index contributed by atoms with van der Waals surface area (Å²) in [5.74, 6) is 0.0954. The van der Waals surface area contributed by atoms with Crippen molar-refractivity contribution in [1.82, 2.24) is 9.72 Å². The third kappa shape index (κ3) is 4.74. The van der Waals surface area contributed by atoms with E-state index in [1.165, 1.54) is 12.1 Å². The number of rotatable bonds is 9. The molecule has 0 aliphatic rings. The first-order chi connectivity index (χ1) is 15.8. The highest BCUT2D eigenvalue weighted by Gasteiger charge is 2.37. The summed E-state index contributed by atoms with van der Waals surface area (Å²) in [4.78, 5) is 10.9. The largest absolute Gasteiger partial charge is 0.490 e. The summed E-state index contributed by atoms with van der Waals surface area (Å²) in [6.07, 6.45) is -1.73. The number of fused-ring (bicyclic) bond motifs is 2. The van der Waals surface area contributed by atoms with Crippen LogP contribution in [0.5, 0.6) is 11.5 Å². The standard InChI is InChI=1S/C23H21F3N2O5/c1-2-3-16-19(7-5-17-21(16)33-27-22(17)23(24,25)26)32-11-10-31-15-4-6-18-14(12-15)8-9-28(18)13-20(29)30/h4-9,12H,2-3,10-11,13H2,1H3,(H,29,30). The van der Waals surface area contributed by atoms with Gasteiger partial charge in [0.1, 0.15) is 31.3 Å². The van der Waals surface area contributed by atoms with E-state index in [1.54, 1.807) is 35.0 Å². The lowest BCUT2D eigenvalue weighted by Gasteiger charge is -2.12. The van der Waals surface area contributed by atoms with Crippen LogP contribution in [0.2, 0.25) is 0 Å². The smallest absolute Gasteiger partial charge is 0.437 e. The number of alkyl halides is 3. The molecule has 0 atom stereocenters. The van der Waals surface area contributed by atoms with E-state index in [0.29, 0.717) is 29.9 Å². The number of hydrogen-bond acceptors (Lipinski definition) is 5. The summed E-state index contributed by atoms with van der Waals surface area (Å²) in [6.45, 7) is 2.15. The molecule has 4 aromatic rings. The number of hydrogen-bond donors (Lipinski definition) is 1. The molecule has 0 fully saturated rings. The number of aromatic nitrogens is 2. The molecule has 0 bridgehead atoms. The molecule has 0 aliphatic carbocycles. The average Bonchev–Trinajstić information content (AvgIpc) is 3.36. The fourth-order valence-electron chi connectivity index (χ4n) is 3.73. The molecule has 0 amide bonds. The molecule has 1 N–H and O–H groups in total. The molecule has 7 nitrogen and oxygen atoms in total. The summed E-state index contributed by atoms with van der Waals surface area (Å²) >= 11 is 0. The molecule has 0 spiro atoms.